The van der Waals surface area contributed by atoms with Gasteiger partial charge < -0.3 is 19.1 Å². The monoisotopic (exact) mass is 542 g/mol. The van der Waals surface area contributed by atoms with Crippen LogP contribution in [0.4, 0.5) is 5.69 Å². The van der Waals surface area contributed by atoms with Crippen LogP contribution >= 0.6 is 11.8 Å². The minimum atomic E-state index is -0.960. The zero-order valence-electron chi connectivity index (χ0n) is 21.9. The van der Waals surface area contributed by atoms with E-state index in [1.807, 2.05) is 89.5 Å². The largest absolute Gasteiger partial charge is 0.497 e. The van der Waals surface area contributed by atoms with Crippen molar-refractivity contribution >= 4 is 29.3 Å². The van der Waals surface area contributed by atoms with Crippen LogP contribution in [0.5, 0.6) is 11.5 Å². The summed E-state index contributed by atoms with van der Waals surface area (Å²) in [7, 11) is 3.09. The second-order valence-electron chi connectivity index (χ2n) is 10.7. The summed E-state index contributed by atoms with van der Waals surface area (Å²) in [4.78, 5) is 32.4. The molecule has 4 aliphatic heterocycles. The van der Waals surface area contributed by atoms with E-state index >= 15 is 0 Å². The van der Waals surface area contributed by atoms with E-state index in [1.54, 1.807) is 7.11 Å². The van der Waals surface area contributed by atoms with Gasteiger partial charge in [-0.3, -0.25) is 14.5 Å². The summed E-state index contributed by atoms with van der Waals surface area (Å²) in [6, 6.07) is 25.2. The fraction of sp³-hybridized carbons (Fsp3) is 0.355. The van der Waals surface area contributed by atoms with Crippen LogP contribution in [0.3, 0.4) is 0 Å². The molecule has 0 saturated carbocycles. The zero-order valence-corrected chi connectivity index (χ0v) is 22.7. The number of rotatable bonds is 5. The van der Waals surface area contributed by atoms with Crippen LogP contribution in [-0.4, -0.2) is 61.3 Å². The number of benzene rings is 3. The highest BCUT2D eigenvalue weighted by atomic mass is 32.2. The number of ether oxygens (including phenoxy) is 3. The summed E-state index contributed by atoms with van der Waals surface area (Å²) in [6.45, 7) is 0.215. The van der Waals surface area contributed by atoms with Crippen LogP contribution in [-0.2, 0) is 14.3 Å². The topological polar surface area (TPSA) is 68.3 Å². The summed E-state index contributed by atoms with van der Waals surface area (Å²) in [5.41, 5.74) is 1.82. The van der Waals surface area contributed by atoms with Gasteiger partial charge >= 0.3 is 5.97 Å². The number of carbonyl (C=O) groups is 2. The second kappa shape index (κ2) is 9.31. The van der Waals surface area contributed by atoms with Crippen molar-refractivity contribution in [2.24, 2.45) is 11.3 Å². The SMILES string of the molecule is COC(=O)[C@@]12COc3ccccc3[C@@H]1N1CSCC1[C@H]2[C@H]1[C@H](c2ccccc2)C(=O)N1c1ccc(OC)cc1. The van der Waals surface area contributed by atoms with Gasteiger partial charge in [-0.1, -0.05) is 48.5 Å². The first-order chi connectivity index (χ1) is 19.1. The van der Waals surface area contributed by atoms with Gasteiger partial charge in [0.15, 0.2) is 0 Å². The molecule has 4 heterocycles. The summed E-state index contributed by atoms with van der Waals surface area (Å²) in [5.74, 6) is 2.43. The Bertz CT molecular complexity index is 1420. The summed E-state index contributed by atoms with van der Waals surface area (Å²) in [5, 5.41) is 0. The third kappa shape index (κ3) is 3.40. The van der Waals surface area contributed by atoms with Gasteiger partial charge in [-0.2, -0.15) is 0 Å². The Morgan fingerprint density at radius 2 is 1.74 bits per heavy atom. The molecule has 39 heavy (non-hydrogen) atoms. The molecule has 3 aromatic rings. The van der Waals surface area contributed by atoms with E-state index in [2.05, 4.69) is 11.0 Å². The molecule has 0 aromatic heterocycles. The molecule has 1 unspecified atom stereocenters. The Balaban J connectivity index is 1.42. The first kappa shape index (κ1) is 24.5. The molecule has 0 spiro atoms. The van der Waals surface area contributed by atoms with E-state index in [1.165, 1.54) is 7.11 Å². The molecule has 0 bridgehead atoms. The lowest BCUT2D eigenvalue weighted by Crippen LogP contribution is -2.68. The van der Waals surface area contributed by atoms with E-state index in [4.69, 9.17) is 14.2 Å². The van der Waals surface area contributed by atoms with E-state index in [0.29, 0.717) is 0 Å². The van der Waals surface area contributed by atoms with Gasteiger partial charge in [-0.25, -0.2) is 0 Å². The van der Waals surface area contributed by atoms with Crippen molar-refractivity contribution < 1.29 is 23.8 Å². The molecule has 3 saturated heterocycles. The van der Waals surface area contributed by atoms with Crippen LogP contribution in [0.15, 0.2) is 78.9 Å². The molecule has 0 radical (unpaired) electrons. The molecule has 0 aliphatic carbocycles. The van der Waals surface area contributed by atoms with Crippen molar-refractivity contribution in [1.29, 1.82) is 0 Å². The van der Waals surface area contributed by atoms with Crippen molar-refractivity contribution in [3.05, 3.63) is 90.0 Å². The molecule has 8 heteroatoms. The Morgan fingerprint density at radius 1 is 1.00 bits per heavy atom. The minimum Gasteiger partial charge on any atom is -0.497 e. The van der Waals surface area contributed by atoms with Gasteiger partial charge in [0.1, 0.15) is 23.5 Å². The number of fused-ring (bicyclic) bond motifs is 5. The van der Waals surface area contributed by atoms with Gasteiger partial charge in [0.05, 0.1) is 32.2 Å². The lowest BCUT2D eigenvalue weighted by molar-refractivity contribution is -0.163. The summed E-state index contributed by atoms with van der Waals surface area (Å²) in [6.07, 6.45) is 0. The van der Waals surface area contributed by atoms with Crippen LogP contribution < -0.4 is 14.4 Å². The van der Waals surface area contributed by atoms with Gasteiger partial charge in [-0.05, 0) is 35.9 Å². The number of thioether (sulfide) groups is 1. The van der Waals surface area contributed by atoms with E-state index in [9.17, 15) is 9.59 Å². The molecule has 6 atom stereocenters. The molecule has 7 rings (SSSR count). The van der Waals surface area contributed by atoms with Gasteiger partial charge in [0.2, 0.25) is 5.91 Å². The number of hydrogen-bond donors (Lipinski definition) is 0. The van der Waals surface area contributed by atoms with E-state index < -0.39 is 5.41 Å². The molecule has 7 nitrogen and oxygen atoms in total. The maximum absolute atomic E-state index is 14.1. The number of nitrogens with zero attached hydrogens (tertiary/aromatic N) is 2. The van der Waals surface area contributed by atoms with Gasteiger partial charge in [-0.15, -0.1) is 11.8 Å². The Morgan fingerprint density at radius 3 is 2.49 bits per heavy atom. The number of para-hydroxylation sites is 1. The Kier molecular flexibility index (Phi) is 5.86. The maximum atomic E-state index is 14.1. The Hall–Kier alpha value is -3.49. The molecular formula is C31H30N2O5S. The fourth-order valence-corrected chi connectivity index (χ4v) is 8.78. The predicted molar refractivity (Wildman–Crippen MR) is 149 cm³/mol. The number of carbonyl (C=O) groups excluding carboxylic acids is 2. The quantitative estimate of drug-likeness (QED) is 0.348. The van der Waals surface area contributed by atoms with Crippen molar-refractivity contribution in [2.75, 3.05) is 37.4 Å². The van der Waals surface area contributed by atoms with Crippen molar-refractivity contribution in [3.8, 4) is 11.5 Å². The summed E-state index contributed by atoms with van der Waals surface area (Å²) < 4.78 is 17.3. The van der Waals surface area contributed by atoms with Crippen LogP contribution in [0.2, 0.25) is 0 Å². The average Bonchev–Trinajstić information content (AvgIpc) is 3.56. The zero-order chi connectivity index (χ0) is 26.7. The predicted octanol–water partition coefficient (Wildman–Crippen LogP) is 4.49. The molecule has 3 fully saturated rings. The summed E-state index contributed by atoms with van der Waals surface area (Å²) >= 11 is 1.88. The van der Waals surface area contributed by atoms with Crippen molar-refractivity contribution in [1.82, 2.24) is 4.90 Å². The number of hydrogen-bond acceptors (Lipinski definition) is 7. The molecule has 3 aromatic carbocycles. The minimum absolute atomic E-state index is 0.0363. The van der Waals surface area contributed by atoms with Crippen LogP contribution in [0.25, 0.3) is 0 Å². The number of amides is 1. The molecule has 4 aliphatic rings. The van der Waals surface area contributed by atoms with E-state index in [0.717, 1.165) is 39.9 Å². The van der Waals surface area contributed by atoms with Gasteiger partial charge in [0.25, 0.3) is 0 Å². The molecule has 0 N–H and O–H groups in total. The number of β-lactam (4-membered cyclic amide) rings is 1. The van der Waals surface area contributed by atoms with Crippen LogP contribution in [0.1, 0.15) is 23.1 Å². The Labute approximate surface area is 232 Å². The third-order valence-electron chi connectivity index (χ3n) is 9.05. The van der Waals surface area contributed by atoms with Crippen molar-refractivity contribution in [2.45, 2.75) is 24.0 Å². The standard InChI is InChI=1S/C31H30N2O5S/c1-36-21-14-12-20(13-15-21)33-27(25(29(33)34)19-8-4-3-5-9-19)26-23-16-39-18-32(23)28-22-10-6-7-11-24(22)38-17-31(26,28)30(35)37-2/h3-15,23,25-28H,16-18H2,1-2H3/t23?,25-,26-,27+,28-,31+/m0/s1. The third-order valence-corrected chi connectivity index (χ3v) is 10.1. The second-order valence-corrected chi connectivity index (χ2v) is 11.7. The van der Waals surface area contributed by atoms with E-state index in [-0.39, 0.29) is 48.4 Å². The maximum Gasteiger partial charge on any atom is 0.317 e. The first-order valence-electron chi connectivity index (χ1n) is 13.3. The molecular weight excluding hydrogens is 512 g/mol. The van der Waals surface area contributed by atoms with Gasteiger partial charge in [0, 0.05) is 34.8 Å². The average molecular weight is 543 g/mol. The molecule has 200 valence electrons. The molecule has 1 amide bonds. The normalized spacial score (nSPS) is 31.0. The highest BCUT2D eigenvalue weighted by Gasteiger charge is 2.73. The highest BCUT2D eigenvalue weighted by molar-refractivity contribution is 7.99. The number of methoxy groups -OCH3 is 2. The lowest BCUT2D eigenvalue weighted by Gasteiger charge is -2.55. The first-order valence-corrected chi connectivity index (χ1v) is 14.4. The number of anilines is 1. The fourth-order valence-electron chi connectivity index (χ4n) is 7.48. The van der Waals surface area contributed by atoms with Crippen LogP contribution in [0, 0.1) is 11.3 Å². The lowest BCUT2D eigenvalue weighted by atomic mass is 9.60. The van der Waals surface area contributed by atoms with Crippen molar-refractivity contribution in [3.63, 3.8) is 0 Å². The highest BCUT2D eigenvalue weighted by Crippen LogP contribution is 2.65. The smallest absolute Gasteiger partial charge is 0.317 e. The number of esters is 1.